The predicted molar refractivity (Wildman–Crippen MR) is 135 cm³/mol. The molecule has 35 heavy (non-hydrogen) atoms. The summed E-state index contributed by atoms with van der Waals surface area (Å²) in [7, 11) is 0. The molecule has 6 nitrogen and oxygen atoms in total. The maximum atomic E-state index is 13.6. The highest BCUT2D eigenvalue weighted by atomic mass is 19.1. The van der Waals surface area contributed by atoms with Crippen molar-refractivity contribution >= 4 is 22.7 Å². The van der Waals surface area contributed by atoms with Crippen LogP contribution >= 0.6 is 0 Å². The molecule has 1 amide bonds. The minimum atomic E-state index is -0.604. The molecule has 0 saturated carbocycles. The molecule has 0 atom stereocenters. The summed E-state index contributed by atoms with van der Waals surface area (Å²) in [5, 5.41) is 15.9. The zero-order valence-corrected chi connectivity index (χ0v) is 20.2. The monoisotopic (exact) mass is 477 g/mol. The van der Waals surface area contributed by atoms with Crippen molar-refractivity contribution in [3.8, 4) is 0 Å². The summed E-state index contributed by atoms with van der Waals surface area (Å²) in [6.07, 6.45) is 3.53. The van der Waals surface area contributed by atoms with Crippen LogP contribution in [0.4, 0.5) is 10.1 Å². The zero-order chi connectivity index (χ0) is 24.6. The lowest BCUT2D eigenvalue weighted by atomic mass is 9.91. The Morgan fingerprint density at radius 3 is 2.66 bits per heavy atom. The molecule has 3 aliphatic rings. The van der Waals surface area contributed by atoms with Crippen molar-refractivity contribution in [2.45, 2.75) is 44.9 Å². The zero-order valence-electron chi connectivity index (χ0n) is 20.2. The molecule has 7 heteroatoms. The quantitative estimate of drug-likeness (QED) is 0.434. The van der Waals surface area contributed by atoms with E-state index in [4.69, 9.17) is 4.74 Å². The Bertz CT molecular complexity index is 1180. The third-order valence-electron chi connectivity index (χ3n) is 7.02. The number of ether oxygens (including phenoxy) is 1. The molecule has 3 N–H and O–H groups in total. The SMILES string of the molecule is CC1(C)O/C(=C2/C(=O)Nc3cc(F)ccc32)C=C1c1ccc(CNCCN2CCC(O)CC2)cc1. The first kappa shape index (κ1) is 23.7. The number of carbonyl (C=O) groups excluding carboxylic acids is 1. The van der Waals surface area contributed by atoms with Crippen molar-refractivity contribution in [2.24, 2.45) is 0 Å². The highest BCUT2D eigenvalue weighted by Crippen LogP contribution is 2.44. The number of hydrogen-bond donors (Lipinski definition) is 3. The van der Waals surface area contributed by atoms with Gasteiger partial charge in [-0.1, -0.05) is 24.3 Å². The summed E-state index contributed by atoms with van der Waals surface area (Å²) in [6, 6.07) is 12.7. The van der Waals surface area contributed by atoms with Gasteiger partial charge in [-0.05, 0) is 62.1 Å². The van der Waals surface area contributed by atoms with Gasteiger partial charge in [0.1, 0.15) is 17.2 Å². The van der Waals surface area contributed by atoms with Crippen LogP contribution in [0.25, 0.3) is 11.1 Å². The van der Waals surface area contributed by atoms with Crippen LogP contribution in [0.1, 0.15) is 43.4 Å². The van der Waals surface area contributed by atoms with E-state index < -0.39 is 5.60 Å². The third-order valence-corrected chi connectivity index (χ3v) is 7.02. The smallest absolute Gasteiger partial charge is 0.260 e. The van der Waals surface area contributed by atoms with E-state index in [0.29, 0.717) is 22.6 Å². The summed E-state index contributed by atoms with van der Waals surface area (Å²) < 4.78 is 19.8. The number of benzene rings is 2. The largest absolute Gasteiger partial charge is 0.482 e. The Morgan fingerprint density at radius 1 is 1.17 bits per heavy atom. The summed E-state index contributed by atoms with van der Waals surface area (Å²) in [5.41, 5.74) is 4.19. The molecule has 1 saturated heterocycles. The number of hydrogen-bond acceptors (Lipinski definition) is 5. The molecule has 5 rings (SSSR count). The molecular weight excluding hydrogens is 445 g/mol. The van der Waals surface area contributed by atoms with Gasteiger partial charge in [0.25, 0.3) is 5.91 Å². The molecule has 0 aliphatic carbocycles. The molecule has 0 unspecified atom stereocenters. The fourth-order valence-electron chi connectivity index (χ4n) is 5.02. The number of carbonyl (C=O) groups is 1. The normalized spacial score (nSPS) is 22.1. The number of allylic oxidation sites excluding steroid dienone is 1. The van der Waals surface area contributed by atoms with Crippen molar-refractivity contribution < 1.29 is 19.0 Å². The third kappa shape index (κ3) is 5.03. The Hall–Kier alpha value is -3.00. The average Bonchev–Trinajstić information content (AvgIpc) is 3.32. The molecule has 2 aromatic rings. The molecule has 184 valence electrons. The Kier molecular flexibility index (Phi) is 6.49. The van der Waals surface area contributed by atoms with E-state index in [-0.39, 0.29) is 17.8 Å². The van der Waals surface area contributed by atoms with E-state index >= 15 is 0 Å². The molecule has 2 aromatic carbocycles. The van der Waals surface area contributed by atoms with Crippen LogP contribution in [0.3, 0.4) is 0 Å². The van der Waals surface area contributed by atoms with Crippen LogP contribution in [0, 0.1) is 5.82 Å². The van der Waals surface area contributed by atoms with Crippen LogP contribution in [-0.4, -0.2) is 53.8 Å². The van der Waals surface area contributed by atoms with Gasteiger partial charge in [-0.3, -0.25) is 4.79 Å². The van der Waals surface area contributed by atoms with Crippen LogP contribution in [0.2, 0.25) is 0 Å². The molecule has 3 heterocycles. The number of aliphatic hydroxyl groups excluding tert-OH is 1. The number of nitrogens with one attached hydrogen (secondary N) is 2. The number of anilines is 1. The summed E-state index contributed by atoms with van der Waals surface area (Å²) in [6.45, 7) is 8.59. The Morgan fingerprint density at radius 2 is 1.91 bits per heavy atom. The Balaban J connectivity index is 1.26. The second-order valence-electron chi connectivity index (χ2n) is 10.0. The summed E-state index contributed by atoms with van der Waals surface area (Å²) >= 11 is 0. The lowest BCUT2D eigenvalue weighted by Crippen LogP contribution is -2.39. The first-order chi connectivity index (χ1) is 16.8. The van der Waals surface area contributed by atoms with Gasteiger partial charge in [-0.25, -0.2) is 4.39 Å². The molecule has 0 radical (unpaired) electrons. The highest BCUT2D eigenvalue weighted by molar-refractivity contribution is 6.32. The van der Waals surface area contributed by atoms with Crippen molar-refractivity contribution in [2.75, 3.05) is 31.5 Å². The number of fused-ring (bicyclic) bond motifs is 1. The van der Waals surface area contributed by atoms with Gasteiger partial charge < -0.3 is 25.4 Å². The maximum Gasteiger partial charge on any atom is 0.260 e. The molecule has 3 aliphatic heterocycles. The minimum absolute atomic E-state index is 0.133. The van der Waals surface area contributed by atoms with E-state index in [1.165, 1.54) is 17.7 Å². The van der Waals surface area contributed by atoms with Crippen molar-refractivity contribution in [1.29, 1.82) is 0 Å². The van der Waals surface area contributed by atoms with Crippen LogP contribution in [-0.2, 0) is 16.1 Å². The number of nitrogens with zero attached hydrogens (tertiary/aromatic N) is 1. The average molecular weight is 478 g/mol. The number of aliphatic hydroxyl groups is 1. The molecule has 1 fully saturated rings. The van der Waals surface area contributed by atoms with Gasteiger partial charge in [0.2, 0.25) is 0 Å². The lowest BCUT2D eigenvalue weighted by molar-refractivity contribution is -0.111. The lowest BCUT2D eigenvalue weighted by Gasteiger charge is -2.29. The topological polar surface area (TPSA) is 73.8 Å². The van der Waals surface area contributed by atoms with Crippen molar-refractivity contribution in [3.05, 3.63) is 76.8 Å². The number of amides is 1. The second-order valence-corrected chi connectivity index (χ2v) is 10.0. The van der Waals surface area contributed by atoms with Crippen LogP contribution in [0.5, 0.6) is 0 Å². The van der Waals surface area contributed by atoms with Crippen molar-refractivity contribution in [1.82, 2.24) is 10.2 Å². The van der Waals surface area contributed by atoms with E-state index in [1.54, 1.807) is 6.07 Å². The number of halogens is 1. The second kappa shape index (κ2) is 9.57. The highest BCUT2D eigenvalue weighted by Gasteiger charge is 2.38. The number of rotatable bonds is 6. The number of likely N-dealkylation sites (tertiary alicyclic amines) is 1. The molecular formula is C28H32FN3O3. The van der Waals surface area contributed by atoms with Gasteiger partial charge in [0, 0.05) is 43.9 Å². The fourth-order valence-corrected chi connectivity index (χ4v) is 5.02. The van der Waals surface area contributed by atoms with E-state index in [2.05, 4.69) is 39.8 Å². The van der Waals surface area contributed by atoms with Gasteiger partial charge >= 0.3 is 0 Å². The number of piperidine rings is 1. The summed E-state index contributed by atoms with van der Waals surface area (Å²) in [4.78, 5) is 15.0. The predicted octanol–water partition coefficient (Wildman–Crippen LogP) is 3.93. The maximum absolute atomic E-state index is 13.6. The molecule has 0 spiro atoms. The van der Waals surface area contributed by atoms with Crippen molar-refractivity contribution in [3.63, 3.8) is 0 Å². The van der Waals surface area contributed by atoms with E-state index in [0.717, 1.165) is 56.7 Å². The first-order valence-corrected chi connectivity index (χ1v) is 12.3. The van der Waals surface area contributed by atoms with Crippen LogP contribution < -0.4 is 10.6 Å². The standard InChI is InChI=1S/C28H32FN3O3/c1-28(2)23(16-25(35-28)26-22-8-7-20(29)15-24(22)31-27(26)34)19-5-3-18(4-6-19)17-30-11-14-32-12-9-21(33)10-13-32/h3-8,15-16,21,30,33H,9-14,17H2,1-2H3,(H,31,34)/b26-25+. The van der Waals surface area contributed by atoms with Gasteiger partial charge in [-0.2, -0.15) is 0 Å². The first-order valence-electron chi connectivity index (χ1n) is 12.3. The molecule has 0 bridgehead atoms. The Labute approximate surface area is 205 Å². The molecule has 0 aromatic heterocycles. The minimum Gasteiger partial charge on any atom is -0.482 e. The van der Waals surface area contributed by atoms with Gasteiger partial charge in [0.05, 0.1) is 17.4 Å². The fraction of sp³-hybridized carbons (Fsp3) is 0.393. The van der Waals surface area contributed by atoms with Gasteiger partial charge in [-0.15, -0.1) is 0 Å². The van der Waals surface area contributed by atoms with Crippen LogP contribution in [0.15, 0.2) is 54.3 Å². The van der Waals surface area contributed by atoms with E-state index in [9.17, 15) is 14.3 Å². The van der Waals surface area contributed by atoms with E-state index in [1.807, 2.05) is 19.9 Å². The van der Waals surface area contributed by atoms with Gasteiger partial charge in [0.15, 0.2) is 0 Å². The summed E-state index contributed by atoms with van der Waals surface area (Å²) in [5.74, 6) is -0.167.